The van der Waals surface area contributed by atoms with Gasteiger partial charge in [-0.2, -0.15) is 0 Å². The number of aryl methyl sites for hydroxylation is 1. The standard InChI is InChI=1S/C13H14N2O2/c1-9-4-5-11(17-2)10(8-9)12(16)13-14-6-3-7-15-13/h3-8,12,16H,1-2H3. The van der Waals surface area contributed by atoms with Gasteiger partial charge in [0.25, 0.3) is 0 Å². The van der Waals surface area contributed by atoms with Crippen molar-refractivity contribution in [2.45, 2.75) is 13.0 Å². The van der Waals surface area contributed by atoms with Crippen LogP contribution < -0.4 is 4.74 Å². The molecule has 1 unspecified atom stereocenters. The van der Waals surface area contributed by atoms with Gasteiger partial charge in [0.1, 0.15) is 11.9 Å². The average molecular weight is 230 g/mol. The zero-order valence-corrected chi connectivity index (χ0v) is 9.79. The molecule has 0 aliphatic carbocycles. The van der Waals surface area contributed by atoms with Gasteiger partial charge in [0, 0.05) is 18.0 Å². The summed E-state index contributed by atoms with van der Waals surface area (Å²) >= 11 is 0. The van der Waals surface area contributed by atoms with Crippen LogP contribution in [0.4, 0.5) is 0 Å². The summed E-state index contributed by atoms with van der Waals surface area (Å²) in [6.45, 7) is 1.96. The first-order chi connectivity index (χ1) is 8.22. The summed E-state index contributed by atoms with van der Waals surface area (Å²) in [5.41, 5.74) is 1.73. The largest absolute Gasteiger partial charge is 0.496 e. The summed E-state index contributed by atoms with van der Waals surface area (Å²) in [5, 5.41) is 10.2. The number of rotatable bonds is 3. The molecule has 2 rings (SSSR count). The van der Waals surface area contributed by atoms with E-state index in [9.17, 15) is 5.11 Å². The van der Waals surface area contributed by atoms with Crippen LogP contribution in [0.3, 0.4) is 0 Å². The Hall–Kier alpha value is -1.94. The van der Waals surface area contributed by atoms with Crippen molar-refractivity contribution in [2.24, 2.45) is 0 Å². The Morgan fingerprint density at radius 2 is 1.94 bits per heavy atom. The topological polar surface area (TPSA) is 55.2 Å². The van der Waals surface area contributed by atoms with E-state index in [4.69, 9.17) is 4.74 Å². The lowest BCUT2D eigenvalue weighted by molar-refractivity contribution is 0.204. The van der Waals surface area contributed by atoms with E-state index in [0.717, 1.165) is 5.56 Å². The van der Waals surface area contributed by atoms with E-state index in [2.05, 4.69) is 9.97 Å². The molecule has 4 nitrogen and oxygen atoms in total. The van der Waals surface area contributed by atoms with Gasteiger partial charge in [0.2, 0.25) is 0 Å². The van der Waals surface area contributed by atoms with Crippen molar-refractivity contribution < 1.29 is 9.84 Å². The van der Waals surface area contributed by atoms with Gasteiger partial charge < -0.3 is 9.84 Å². The van der Waals surface area contributed by atoms with Crippen molar-refractivity contribution in [2.75, 3.05) is 7.11 Å². The summed E-state index contributed by atoms with van der Waals surface area (Å²) in [7, 11) is 1.58. The first-order valence-electron chi connectivity index (χ1n) is 5.32. The van der Waals surface area contributed by atoms with Gasteiger partial charge in [-0.05, 0) is 25.1 Å². The molecule has 88 valence electrons. The molecule has 0 fully saturated rings. The summed E-state index contributed by atoms with van der Waals surface area (Å²) in [5.74, 6) is 1.01. The Labute approximate surface area is 99.9 Å². The predicted octanol–water partition coefficient (Wildman–Crippen LogP) is 1.88. The van der Waals surface area contributed by atoms with Crippen LogP contribution >= 0.6 is 0 Å². The fraction of sp³-hybridized carbons (Fsp3) is 0.231. The fourth-order valence-electron chi connectivity index (χ4n) is 1.66. The summed E-state index contributed by atoms with van der Waals surface area (Å²) < 4.78 is 5.23. The second kappa shape index (κ2) is 4.93. The molecule has 1 N–H and O–H groups in total. The molecule has 0 aliphatic rings. The van der Waals surface area contributed by atoms with E-state index in [1.165, 1.54) is 0 Å². The monoisotopic (exact) mass is 230 g/mol. The fourth-order valence-corrected chi connectivity index (χ4v) is 1.66. The van der Waals surface area contributed by atoms with Crippen LogP contribution in [0, 0.1) is 6.92 Å². The van der Waals surface area contributed by atoms with E-state index < -0.39 is 6.10 Å². The highest BCUT2D eigenvalue weighted by atomic mass is 16.5. The molecule has 0 saturated carbocycles. The molecule has 0 radical (unpaired) electrons. The SMILES string of the molecule is COc1ccc(C)cc1C(O)c1ncccn1. The van der Waals surface area contributed by atoms with Gasteiger partial charge in [-0.25, -0.2) is 9.97 Å². The lowest BCUT2D eigenvalue weighted by Crippen LogP contribution is -2.06. The molecule has 2 aromatic rings. The van der Waals surface area contributed by atoms with Gasteiger partial charge >= 0.3 is 0 Å². The van der Waals surface area contributed by atoms with Gasteiger partial charge in [-0.1, -0.05) is 11.6 Å². The van der Waals surface area contributed by atoms with Crippen molar-refractivity contribution in [1.82, 2.24) is 9.97 Å². The second-order valence-electron chi connectivity index (χ2n) is 3.75. The minimum absolute atomic E-state index is 0.372. The number of aliphatic hydroxyl groups excluding tert-OH is 1. The molecule has 1 aromatic carbocycles. The van der Waals surface area contributed by atoms with Crippen LogP contribution in [-0.4, -0.2) is 22.2 Å². The quantitative estimate of drug-likeness (QED) is 0.874. The molecule has 1 aromatic heterocycles. The van der Waals surface area contributed by atoms with E-state index >= 15 is 0 Å². The Morgan fingerprint density at radius 1 is 1.24 bits per heavy atom. The van der Waals surface area contributed by atoms with Crippen LogP contribution in [0.25, 0.3) is 0 Å². The van der Waals surface area contributed by atoms with Crippen molar-refractivity contribution >= 4 is 0 Å². The van der Waals surface area contributed by atoms with Gasteiger partial charge in [0.15, 0.2) is 5.82 Å². The normalized spacial score (nSPS) is 12.2. The lowest BCUT2D eigenvalue weighted by Gasteiger charge is -2.14. The van der Waals surface area contributed by atoms with E-state index in [0.29, 0.717) is 17.1 Å². The number of nitrogens with zero attached hydrogens (tertiary/aromatic N) is 2. The first-order valence-corrected chi connectivity index (χ1v) is 5.32. The number of methoxy groups -OCH3 is 1. The van der Waals surface area contributed by atoms with Crippen LogP contribution in [-0.2, 0) is 0 Å². The van der Waals surface area contributed by atoms with Crippen LogP contribution in [0.1, 0.15) is 23.1 Å². The van der Waals surface area contributed by atoms with Crippen LogP contribution in [0.15, 0.2) is 36.7 Å². The first kappa shape index (κ1) is 11.5. The third-order valence-electron chi connectivity index (χ3n) is 2.51. The highest BCUT2D eigenvalue weighted by Gasteiger charge is 2.17. The average Bonchev–Trinajstić information content (AvgIpc) is 2.39. The zero-order valence-electron chi connectivity index (χ0n) is 9.79. The summed E-state index contributed by atoms with van der Waals surface area (Å²) in [6.07, 6.45) is 2.34. The number of hydrogen-bond acceptors (Lipinski definition) is 4. The Balaban J connectivity index is 2.43. The molecule has 0 amide bonds. The number of aliphatic hydroxyl groups is 1. The molecule has 4 heteroatoms. The number of ether oxygens (including phenoxy) is 1. The number of hydrogen-bond donors (Lipinski definition) is 1. The maximum Gasteiger partial charge on any atom is 0.161 e. The van der Waals surface area contributed by atoms with Gasteiger partial charge in [-0.3, -0.25) is 0 Å². The molecular weight excluding hydrogens is 216 g/mol. The molecule has 17 heavy (non-hydrogen) atoms. The van der Waals surface area contributed by atoms with Crippen molar-refractivity contribution in [3.63, 3.8) is 0 Å². The molecule has 0 aliphatic heterocycles. The van der Waals surface area contributed by atoms with Crippen molar-refractivity contribution in [3.8, 4) is 5.75 Å². The minimum atomic E-state index is -0.869. The maximum atomic E-state index is 10.2. The van der Waals surface area contributed by atoms with Crippen molar-refractivity contribution in [1.29, 1.82) is 0 Å². The second-order valence-corrected chi connectivity index (χ2v) is 3.75. The Morgan fingerprint density at radius 3 is 2.59 bits per heavy atom. The number of benzene rings is 1. The molecular formula is C13H14N2O2. The minimum Gasteiger partial charge on any atom is -0.496 e. The molecule has 0 spiro atoms. The van der Waals surface area contributed by atoms with Crippen molar-refractivity contribution in [3.05, 3.63) is 53.6 Å². The molecule has 1 heterocycles. The van der Waals surface area contributed by atoms with Gasteiger partial charge in [0.05, 0.1) is 7.11 Å². The van der Waals surface area contributed by atoms with Crippen LogP contribution in [0.5, 0.6) is 5.75 Å². The summed E-state index contributed by atoms with van der Waals surface area (Å²) in [6, 6.07) is 7.35. The predicted molar refractivity (Wildman–Crippen MR) is 63.8 cm³/mol. The molecule has 0 saturated heterocycles. The smallest absolute Gasteiger partial charge is 0.161 e. The Bertz CT molecular complexity index is 500. The highest BCUT2D eigenvalue weighted by molar-refractivity contribution is 5.40. The number of aromatic nitrogens is 2. The molecule has 0 bridgehead atoms. The lowest BCUT2D eigenvalue weighted by atomic mass is 10.0. The van der Waals surface area contributed by atoms with Gasteiger partial charge in [-0.15, -0.1) is 0 Å². The zero-order chi connectivity index (χ0) is 12.3. The molecule has 1 atom stereocenters. The van der Waals surface area contributed by atoms with E-state index in [-0.39, 0.29) is 0 Å². The van der Waals surface area contributed by atoms with E-state index in [1.54, 1.807) is 25.6 Å². The third-order valence-corrected chi connectivity index (χ3v) is 2.51. The highest BCUT2D eigenvalue weighted by Crippen LogP contribution is 2.28. The maximum absolute atomic E-state index is 10.2. The Kier molecular flexibility index (Phi) is 3.35. The van der Waals surface area contributed by atoms with E-state index in [1.807, 2.05) is 25.1 Å². The van der Waals surface area contributed by atoms with Crippen LogP contribution in [0.2, 0.25) is 0 Å². The third kappa shape index (κ3) is 2.42. The summed E-state index contributed by atoms with van der Waals surface area (Å²) in [4.78, 5) is 8.09.